The third-order valence-electron chi connectivity index (χ3n) is 2.55. The van der Waals surface area contributed by atoms with Crippen molar-refractivity contribution in [2.24, 2.45) is 0 Å². The van der Waals surface area contributed by atoms with Crippen LogP contribution in [0, 0.1) is 0 Å². The van der Waals surface area contributed by atoms with Crippen LogP contribution in [0.1, 0.15) is 34.1 Å². The van der Waals surface area contributed by atoms with Gasteiger partial charge in [0.2, 0.25) is 0 Å². The monoisotopic (exact) mass is 259 g/mol. The zero-order valence-electron chi connectivity index (χ0n) is 11.3. The number of ether oxygens (including phenoxy) is 2. The Morgan fingerprint density at radius 1 is 1.39 bits per heavy atom. The van der Waals surface area contributed by atoms with E-state index in [-0.39, 0.29) is 12.6 Å². The van der Waals surface area contributed by atoms with Crippen LogP contribution in [-0.2, 0) is 14.3 Å². The van der Waals surface area contributed by atoms with E-state index < -0.39 is 23.8 Å². The number of amides is 1. The number of carboxylic acids is 1. The SMILES string of the molecule is CCC1CN(C(=O)OC(C)(C)C)C[C@H](C(=O)O)O1. The van der Waals surface area contributed by atoms with Gasteiger partial charge in [0.25, 0.3) is 0 Å². The van der Waals surface area contributed by atoms with Gasteiger partial charge in [0.1, 0.15) is 5.60 Å². The summed E-state index contributed by atoms with van der Waals surface area (Å²) in [4.78, 5) is 24.3. The first-order valence-corrected chi connectivity index (χ1v) is 6.09. The second-order valence-corrected chi connectivity index (χ2v) is 5.38. The summed E-state index contributed by atoms with van der Waals surface area (Å²) in [7, 11) is 0. The van der Waals surface area contributed by atoms with Crippen molar-refractivity contribution in [2.45, 2.75) is 51.9 Å². The molecule has 18 heavy (non-hydrogen) atoms. The fourth-order valence-corrected chi connectivity index (χ4v) is 1.68. The number of hydrogen-bond acceptors (Lipinski definition) is 4. The smallest absolute Gasteiger partial charge is 0.410 e. The fraction of sp³-hybridized carbons (Fsp3) is 0.833. The van der Waals surface area contributed by atoms with Crippen LogP contribution in [0.3, 0.4) is 0 Å². The van der Waals surface area contributed by atoms with Crippen LogP contribution in [0.15, 0.2) is 0 Å². The van der Waals surface area contributed by atoms with Crippen LogP contribution in [0.5, 0.6) is 0 Å². The van der Waals surface area contributed by atoms with Gasteiger partial charge in [-0.2, -0.15) is 0 Å². The molecule has 1 aliphatic heterocycles. The Morgan fingerprint density at radius 3 is 2.44 bits per heavy atom. The van der Waals surface area contributed by atoms with E-state index in [2.05, 4.69) is 0 Å². The molecule has 1 N–H and O–H groups in total. The van der Waals surface area contributed by atoms with Crippen LogP contribution < -0.4 is 0 Å². The Balaban J connectivity index is 2.69. The average molecular weight is 259 g/mol. The summed E-state index contributed by atoms with van der Waals surface area (Å²) < 4.78 is 10.6. The van der Waals surface area contributed by atoms with E-state index in [1.54, 1.807) is 20.8 Å². The van der Waals surface area contributed by atoms with Gasteiger partial charge in [-0.1, -0.05) is 6.92 Å². The number of carboxylic acid groups (broad SMARTS) is 1. The second-order valence-electron chi connectivity index (χ2n) is 5.38. The fourth-order valence-electron chi connectivity index (χ4n) is 1.68. The minimum Gasteiger partial charge on any atom is -0.479 e. The summed E-state index contributed by atoms with van der Waals surface area (Å²) in [5.74, 6) is -1.05. The highest BCUT2D eigenvalue weighted by atomic mass is 16.6. The van der Waals surface area contributed by atoms with Crippen LogP contribution in [0.25, 0.3) is 0 Å². The van der Waals surface area contributed by atoms with E-state index in [1.807, 2.05) is 6.92 Å². The van der Waals surface area contributed by atoms with Crippen molar-refractivity contribution in [1.29, 1.82) is 0 Å². The maximum absolute atomic E-state index is 11.9. The Labute approximate surface area is 107 Å². The number of aliphatic carboxylic acids is 1. The summed E-state index contributed by atoms with van der Waals surface area (Å²) in [6.07, 6.45) is -1.07. The van der Waals surface area contributed by atoms with Gasteiger partial charge in [-0.25, -0.2) is 9.59 Å². The Hall–Kier alpha value is -1.30. The number of carbonyl (C=O) groups excluding carboxylic acids is 1. The molecule has 1 heterocycles. The normalized spacial score (nSPS) is 24.8. The number of rotatable bonds is 2. The number of nitrogens with zero attached hydrogens (tertiary/aromatic N) is 1. The predicted octanol–water partition coefficient (Wildman–Crippen LogP) is 1.49. The summed E-state index contributed by atoms with van der Waals surface area (Å²) in [5, 5.41) is 8.98. The van der Waals surface area contributed by atoms with Crippen LogP contribution >= 0.6 is 0 Å². The number of morpholine rings is 1. The Bertz CT molecular complexity index is 323. The van der Waals surface area contributed by atoms with Crippen molar-refractivity contribution >= 4 is 12.1 Å². The van der Waals surface area contributed by atoms with E-state index in [9.17, 15) is 9.59 Å². The van der Waals surface area contributed by atoms with Gasteiger partial charge < -0.3 is 19.5 Å². The van der Waals surface area contributed by atoms with Crippen molar-refractivity contribution in [3.8, 4) is 0 Å². The first-order valence-electron chi connectivity index (χ1n) is 6.09. The van der Waals surface area contributed by atoms with Crippen LogP contribution in [-0.4, -0.2) is 53.0 Å². The topological polar surface area (TPSA) is 76.1 Å². The van der Waals surface area contributed by atoms with Crippen molar-refractivity contribution in [1.82, 2.24) is 4.90 Å². The molecular weight excluding hydrogens is 238 g/mol. The molecule has 0 aliphatic carbocycles. The molecule has 0 aromatic heterocycles. The van der Waals surface area contributed by atoms with Crippen molar-refractivity contribution in [3.63, 3.8) is 0 Å². The average Bonchev–Trinajstić information content (AvgIpc) is 2.26. The van der Waals surface area contributed by atoms with Crippen molar-refractivity contribution < 1.29 is 24.2 Å². The quantitative estimate of drug-likeness (QED) is 0.813. The zero-order valence-corrected chi connectivity index (χ0v) is 11.3. The highest BCUT2D eigenvalue weighted by molar-refractivity contribution is 5.75. The zero-order chi connectivity index (χ0) is 13.9. The lowest BCUT2D eigenvalue weighted by atomic mass is 10.1. The Kier molecular flexibility index (Phi) is 4.56. The van der Waals surface area contributed by atoms with Gasteiger partial charge in [0, 0.05) is 0 Å². The molecule has 1 unspecified atom stereocenters. The lowest BCUT2D eigenvalue weighted by Crippen LogP contribution is -2.53. The summed E-state index contributed by atoms with van der Waals surface area (Å²) in [6, 6.07) is 0. The van der Waals surface area contributed by atoms with Gasteiger partial charge in [-0.05, 0) is 27.2 Å². The van der Waals surface area contributed by atoms with Gasteiger partial charge >= 0.3 is 12.1 Å². The van der Waals surface area contributed by atoms with Crippen molar-refractivity contribution in [3.05, 3.63) is 0 Å². The van der Waals surface area contributed by atoms with Gasteiger partial charge in [0.15, 0.2) is 6.10 Å². The lowest BCUT2D eigenvalue weighted by Gasteiger charge is -2.36. The predicted molar refractivity (Wildman–Crippen MR) is 64.4 cm³/mol. The molecule has 1 rings (SSSR count). The molecule has 0 aromatic rings. The molecule has 0 aromatic carbocycles. The molecule has 1 amide bonds. The molecule has 1 aliphatic rings. The summed E-state index contributed by atoms with van der Waals surface area (Å²) in [5.41, 5.74) is -0.587. The van der Waals surface area contributed by atoms with Crippen LogP contribution in [0.2, 0.25) is 0 Å². The van der Waals surface area contributed by atoms with Gasteiger partial charge in [-0.15, -0.1) is 0 Å². The van der Waals surface area contributed by atoms with E-state index in [4.69, 9.17) is 14.6 Å². The molecule has 0 saturated carbocycles. The first kappa shape index (κ1) is 14.8. The van der Waals surface area contributed by atoms with Crippen LogP contribution in [0.4, 0.5) is 4.79 Å². The third-order valence-corrected chi connectivity index (χ3v) is 2.55. The number of carbonyl (C=O) groups is 2. The van der Waals surface area contributed by atoms with E-state index in [0.717, 1.165) is 0 Å². The molecular formula is C12H21NO5. The highest BCUT2D eigenvalue weighted by Gasteiger charge is 2.35. The number of hydrogen-bond donors (Lipinski definition) is 1. The molecule has 104 valence electrons. The molecule has 2 atom stereocenters. The van der Waals surface area contributed by atoms with E-state index in [1.165, 1.54) is 4.90 Å². The third kappa shape index (κ3) is 4.18. The van der Waals surface area contributed by atoms with Gasteiger partial charge in [-0.3, -0.25) is 0 Å². The maximum Gasteiger partial charge on any atom is 0.410 e. The molecule has 6 nitrogen and oxygen atoms in total. The Morgan fingerprint density at radius 2 is 2.00 bits per heavy atom. The lowest BCUT2D eigenvalue weighted by molar-refractivity contribution is -0.163. The standard InChI is InChI=1S/C12H21NO5/c1-5-8-6-13(7-9(17-8)10(14)15)11(16)18-12(2,3)4/h8-9H,5-7H2,1-4H3,(H,14,15)/t8?,9-/m1/s1. The maximum atomic E-state index is 11.9. The minimum atomic E-state index is -1.05. The molecule has 0 radical (unpaired) electrons. The molecule has 0 spiro atoms. The molecule has 0 bridgehead atoms. The minimum absolute atomic E-state index is 0.0285. The first-order chi connectivity index (χ1) is 8.23. The summed E-state index contributed by atoms with van der Waals surface area (Å²) in [6.45, 7) is 7.62. The van der Waals surface area contributed by atoms with E-state index >= 15 is 0 Å². The van der Waals surface area contributed by atoms with Crippen molar-refractivity contribution in [2.75, 3.05) is 13.1 Å². The second kappa shape index (κ2) is 5.56. The molecule has 1 saturated heterocycles. The van der Waals surface area contributed by atoms with E-state index in [0.29, 0.717) is 13.0 Å². The largest absolute Gasteiger partial charge is 0.479 e. The van der Waals surface area contributed by atoms with Gasteiger partial charge in [0.05, 0.1) is 19.2 Å². The molecule has 6 heteroatoms. The summed E-state index contributed by atoms with van der Waals surface area (Å²) >= 11 is 0. The highest BCUT2D eigenvalue weighted by Crippen LogP contribution is 2.17. The molecule has 1 fully saturated rings.